The largest absolute Gasteiger partial charge is 0.361 e. The van der Waals surface area contributed by atoms with Crippen LogP contribution in [0.5, 0.6) is 0 Å². The van der Waals surface area contributed by atoms with Crippen LogP contribution in [-0.2, 0) is 16.0 Å². The van der Waals surface area contributed by atoms with E-state index in [-0.39, 0.29) is 23.4 Å². The summed E-state index contributed by atoms with van der Waals surface area (Å²) >= 11 is 5.77. The van der Waals surface area contributed by atoms with Gasteiger partial charge in [-0.25, -0.2) is 4.39 Å². The molecule has 3 rings (SSSR count). The molecule has 1 aromatic heterocycles. The number of halogens is 2. The molecule has 0 spiro atoms. The number of carbonyl (C=O) groups excluding carboxylic acids is 2. The van der Waals surface area contributed by atoms with Crippen molar-refractivity contribution in [2.45, 2.75) is 13.3 Å². The Bertz CT molecular complexity index is 986. The Labute approximate surface area is 161 Å². The molecule has 0 unspecified atom stereocenters. The van der Waals surface area contributed by atoms with Gasteiger partial charge in [0, 0.05) is 36.3 Å². The van der Waals surface area contributed by atoms with E-state index in [0.717, 1.165) is 16.5 Å². The molecule has 7 heteroatoms. The Morgan fingerprint density at radius 2 is 2.00 bits per heavy atom. The molecule has 0 atom stereocenters. The summed E-state index contributed by atoms with van der Waals surface area (Å²) in [5.74, 6) is -1.21. The number of anilines is 1. The van der Waals surface area contributed by atoms with Crippen LogP contribution in [0.15, 0.2) is 48.7 Å². The molecule has 3 aromatic rings. The molecule has 0 aliphatic rings. The Morgan fingerprint density at radius 1 is 1.22 bits per heavy atom. The van der Waals surface area contributed by atoms with Crippen molar-refractivity contribution in [2.24, 2.45) is 0 Å². The van der Waals surface area contributed by atoms with E-state index in [1.54, 1.807) is 0 Å². The third-order valence-corrected chi connectivity index (χ3v) is 4.58. The topological polar surface area (TPSA) is 65.2 Å². The van der Waals surface area contributed by atoms with Crippen molar-refractivity contribution in [1.82, 2.24) is 10.3 Å². The number of H-pyrrole nitrogens is 1. The lowest BCUT2D eigenvalue weighted by Crippen LogP contribution is -2.40. The summed E-state index contributed by atoms with van der Waals surface area (Å²) in [6.45, 7) is 1.62. The number of hydrogen-bond donors (Lipinski definition) is 2. The molecule has 0 aliphatic heterocycles. The highest BCUT2D eigenvalue weighted by molar-refractivity contribution is 6.31. The maximum Gasteiger partial charge on any atom is 0.240 e. The van der Waals surface area contributed by atoms with Gasteiger partial charge in [0.15, 0.2) is 0 Å². The molecule has 2 amide bonds. The Kier molecular flexibility index (Phi) is 5.76. The van der Waals surface area contributed by atoms with E-state index in [9.17, 15) is 14.0 Å². The van der Waals surface area contributed by atoms with Crippen molar-refractivity contribution in [2.75, 3.05) is 18.0 Å². The fraction of sp³-hybridized carbons (Fsp3) is 0.200. The number of rotatable bonds is 6. The average Bonchev–Trinajstić information content (AvgIpc) is 3.05. The third-order valence-electron chi connectivity index (χ3n) is 4.29. The van der Waals surface area contributed by atoms with Gasteiger partial charge >= 0.3 is 0 Å². The van der Waals surface area contributed by atoms with Crippen LogP contribution in [0.25, 0.3) is 10.9 Å². The number of nitrogens with zero attached hydrogens (tertiary/aromatic N) is 1. The van der Waals surface area contributed by atoms with Crippen molar-refractivity contribution in [1.29, 1.82) is 0 Å². The minimum Gasteiger partial charge on any atom is -0.361 e. The van der Waals surface area contributed by atoms with Crippen LogP contribution in [0.4, 0.5) is 10.1 Å². The van der Waals surface area contributed by atoms with Gasteiger partial charge in [-0.3, -0.25) is 9.59 Å². The number of para-hydroxylation sites is 1. The van der Waals surface area contributed by atoms with Gasteiger partial charge in [-0.05, 0) is 36.2 Å². The monoisotopic (exact) mass is 387 g/mol. The molecule has 1 heterocycles. The summed E-state index contributed by atoms with van der Waals surface area (Å²) in [6, 6.07) is 11.9. The van der Waals surface area contributed by atoms with Crippen LogP contribution in [0.1, 0.15) is 12.5 Å². The minimum absolute atomic E-state index is 0.0986. The van der Waals surface area contributed by atoms with Crippen LogP contribution in [0, 0.1) is 5.82 Å². The second kappa shape index (κ2) is 8.22. The van der Waals surface area contributed by atoms with Gasteiger partial charge in [0.25, 0.3) is 0 Å². The number of hydrogen-bond acceptors (Lipinski definition) is 2. The van der Waals surface area contributed by atoms with Gasteiger partial charge < -0.3 is 15.2 Å². The first-order valence-corrected chi connectivity index (χ1v) is 8.88. The quantitative estimate of drug-likeness (QED) is 0.677. The van der Waals surface area contributed by atoms with Crippen LogP contribution in [-0.4, -0.2) is 29.9 Å². The van der Waals surface area contributed by atoms with Crippen molar-refractivity contribution in [3.05, 3.63) is 65.1 Å². The van der Waals surface area contributed by atoms with Gasteiger partial charge in [0.2, 0.25) is 11.8 Å². The number of nitrogens with one attached hydrogen (secondary N) is 2. The first kappa shape index (κ1) is 18.9. The number of benzene rings is 2. The van der Waals surface area contributed by atoms with Crippen molar-refractivity contribution in [3.8, 4) is 0 Å². The second-order valence-corrected chi connectivity index (χ2v) is 6.57. The van der Waals surface area contributed by atoms with Gasteiger partial charge in [0.05, 0.1) is 5.02 Å². The van der Waals surface area contributed by atoms with E-state index in [0.29, 0.717) is 18.7 Å². The molecule has 2 aromatic carbocycles. The lowest BCUT2D eigenvalue weighted by molar-refractivity contribution is -0.123. The van der Waals surface area contributed by atoms with E-state index in [2.05, 4.69) is 10.3 Å². The number of carbonyl (C=O) groups is 2. The Balaban J connectivity index is 1.59. The number of aromatic amines is 1. The molecular weight excluding hydrogens is 369 g/mol. The maximum absolute atomic E-state index is 13.3. The van der Waals surface area contributed by atoms with Crippen LogP contribution in [0.3, 0.4) is 0 Å². The Morgan fingerprint density at radius 3 is 2.74 bits per heavy atom. The van der Waals surface area contributed by atoms with E-state index in [4.69, 9.17) is 11.6 Å². The average molecular weight is 388 g/mol. The molecule has 27 heavy (non-hydrogen) atoms. The van der Waals surface area contributed by atoms with Crippen molar-refractivity contribution < 1.29 is 14.0 Å². The summed E-state index contributed by atoms with van der Waals surface area (Å²) in [4.78, 5) is 28.6. The first-order chi connectivity index (χ1) is 13.0. The first-order valence-electron chi connectivity index (χ1n) is 8.50. The van der Waals surface area contributed by atoms with E-state index in [1.807, 2.05) is 30.5 Å². The molecule has 0 radical (unpaired) electrons. The van der Waals surface area contributed by atoms with Gasteiger partial charge in [0.1, 0.15) is 12.4 Å². The standard InChI is InChI=1S/C20H19ClFN3O2/c1-13(26)25(15-6-7-18(22)17(21)10-15)12-20(27)23-9-8-14-11-24-19-5-3-2-4-16(14)19/h2-7,10-11,24H,8-9,12H2,1H3,(H,23,27). The maximum atomic E-state index is 13.3. The minimum atomic E-state index is -0.577. The summed E-state index contributed by atoms with van der Waals surface area (Å²) in [7, 11) is 0. The second-order valence-electron chi connectivity index (χ2n) is 6.16. The SMILES string of the molecule is CC(=O)N(CC(=O)NCCc1c[nH]c2ccccc12)c1ccc(F)c(Cl)c1. The number of aromatic nitrogens is 1. The van der Waals surface area contributed by atoms with Crippen molar-refractivity contribution in [3.63, 3.8) is 0 Å². The molecule has 0 aliphatic carbocycles. The summed E-state index contributed by atoms with van der Waals surface area (Å²) in [6.07, 6.45) is 2.59. The summed E-state index contributed by atoms with van der Waals surface area (Å²) in [5, 5.41) is 3.84. The lowest BCUT2D eigenvalue weighted by atomic mass is 10.1. The Hall–Kier alpha value is -2.86. The van der Waals surface area contributed by atoms with Gasteiger partial charge in [-0.1, -0.05) is 29.8 Å². The zero-order valence-corrected chi connectivity index (χ0v) is 15.5. The predicted octanol–water partition coefficient (Wildman–Crippen LogP) is 3.67. The number of fused-ring (bicyclic) bond motifs is 1. The molecule has 0 saturated carbocycles. The summed E-state index contributed by atoms with van der Waals surface area (Å²) in [5.41, 5.74) is 2.54. The van der Waals surface area contributed by atoms with Crippen molar-refractivity contribution >= 4 is 40.0 Å². The van der Waals surface area contributed by atoms with E-state index < -0.39 is 5.82 Å². The van der Waals surface area contributed by atoms with Crippen LogP contribution < -0.4 is 10.2 Å². The normalized spacial score (nSPS) is 10.8. The van der Waals surface area contributed by atoms with E-state index >= 15 is 0 Å². The molecule has 0 saturated heterocycles. The predicted molar refractivity (Wildman–Crippen MR) is 104 cm³/mol. The van der Waals surface area contributed by atoms with Crippen LogP contribution in [0.2, 0.25) is 5.02 Å². The van der Waals surface area contributed by atoms with Crippen LogP contribution >= 0.6 is 11.6 Å². The van der Waals surface area contributed by atoms with Gasteiger partial charge in [-0.15, -0.1) is 0 Å². The molecule has 0 fully saturated rings. The highest BCUT2D eigenvalue weighted by Gasteiger charge is 2.17. The molecule has 0 bridgehead atoms. The molecule has 140 valence electrons. The summed E-state index contributed by atoms with van der Waals surface area (Å²) < 4.78 is 13.3. The number of amides is 2. The fourth-order valence-electron chi connectivity index (χ4n) is 2.91. The molecular formula is C20H19ClFN3O2. The fourth-order valence-corrected chi connectivity index (χ4v) is 3.09. The zero-order chi connectivity index (χ0) is 19.4. The van der Waals surface area contributed by atoms with E-state index in [1.165, 1.54) is 30.0 Å². The highest BCUT2D eigenvalue weighted by Crippen LogP contribution is 2.23. The zero-order valence-electron chi connectivity index (χ0n) is 14.8. The van der Waals surface area contributed by atoms with Gasteiger partial charge in [-0.2, -0.15) is 0 Å². The third kappa shape index (κ3) is 4.46. The molecule has 5 nitrogen and oxygen atoms in total. The molecule has 2 N–H and O–H groups in total. The highest BCUT2D eigenvalue weighted by atomic mass is 35.5. The lowest BCUT2D eigenvalue weighted by Gasteiger charge is -2.21. The smallest absolute Gasteiger partial charge is 0.240 e.